The smallest absolute Gasteiger partial charge is 0.148 e. The molecule has 1 aliphatic carbocycles. The molecule has 19 heavy (non-hydrogen) atoms. The van der Waals surface area contributed by atoms with Crippen molar-refractivity contribution in [2.24, 2.45) is 0 Å². The Morgan fingerprint density at radius 1 is 1.11 bits per heavy atom. The molecule has 3 rings (SSSR count). The minimum atomic E-state index is 0.717. The molecule has 0 amide bonds. The van der Waals surface area contributed by atoms with Crippen LogP contribution >= 0.6 is 0 Å². The fraction of sp³-hybridized carbons (Fsp3) is 0.400. The van der Waals surface area contributed by atoms with Gasteiger partial charge in [-0.05, 0) is 37.3 Å². The largest absolute Gasteiger partial charge is 0.497 e. The highest BCUT2D eigenvalue weighted by molar-refractivity contribution is 5.97. The van der Waals surface area contributed by atoms with E-state index in [1.54, 1.807) is 14.2 Å². The van der Waals surface area contributed by atoms with Crippen LogP contribution in [0.5, 0.6) is 11.5 Å². The maximum Gasteiger partial charge on any atom is 0.148 e. The van der Waals surface area contributed by atoms with E-state index in [0.29, 0.717) is 0 Å². The molecule has 0 radical (unpaired) electrons. The van der Waals surface area contributed by atoms with Crippen LogP contribution in [0.2, 0.25) is 0 Å². The normalized spacial score (nSPS) is 14.2. The first-order valence-corrected chi connectivity index (χ1v) is 6.57. The summed E-state index contributed by atoms with van der Waals surface area (Å²) < 4.78 is 10.7. The second kappa shape index (κ2) is 4.61. The minimum absolute atomic E-state index is 0.717. The van der Waals surface area contributed by atoms with Crippen molar-refractivity contribution in [2.75, 3.05) is 20.0 Å². The molecule has 4 nitrogen and oxygen atoms in total. The van der Waals surface area contributed by atoms with Gasteiger partial charge in [0.15, 0.2) is 0 Å². The molecule has 0 bridgehead atoms. The third-order valence-corrected chi connectivity index (χ3v) is 3.80. The van der Waals surface area contributed by atoms with Gasteiger partial charge in [0, 0.05) is 22.8 Å². The number of ether oxygens (including phenoxy) is 2. The number of methoxy groups -OCH3 is 2. The van der Waals surface area contributed by atoms with Crippen LogP contribution in [0.15, 0.2) is 12.1 Å². The molecule has 0 aliphatic heterocycles. The van der Waals surface area contributed by atoms with E-state index in [-0.39, 0.29) is 0 Å². The van der Waals surface area contributed by atoms with Gasteiger partial charge in [-0.1, -0.05) is 0 Å². The van der Waals surface area contributed by atoms with Crippen LogP contribution in [-0.4, -0.2) is 19.2 Å². The van der Waals surface area contributed by atoms with E-state index < -0.39 is 0 Å². The first-order chi connectivity index (χ1) is 9.24. The van der Waals surface area contributed by atoms with Crippen LogP contribution in [0.1, 0.15) is 24.1 Å². The molecular weight excluding hydrogens is 240 g/mol. The number of pyridine rings is 1. The summed E-state index contributed by atoms with van der Waals surface area (Å²) in [7, 11) is 3.29. The lowest BCUT2D eigenvalue weighted by atomic mass is 9.93. The van der Waals surface area contributed by atoms with Gasteiger partial charge in [0.25, 0.3) is 0 Å². The molecule has 0 saturated carbocycles. The number of rotatable bonds is 2. The van der Waals surface area contributed by atoms with E-state index in [1.165, 1.54) is 18.4 Å². The zero-order valence-corrected chi connectivity index (χ0v) is 11.3. The van der Waals surface area contributed by atoms with E-state index in [0.717, 1.165) is 46.6 Å². The van der Waals surface area contributed by atoms with Crippen LogP contribution < -0.4 is 15.2 Å². The highest BCUT2D eigenvalue weighted by Gasteiger charge is 2.19. The third-order valence-electron chi connectivity index (χ3n) is 3.80. The van der Waals surface area contributed by atoms with Crippen molar-refractivity contribution in [1.82, 2.24) is 4.98 Å². The summed E-state index contributed by atoms with van der Waals surface area (Å²) in [6.45, 7) is 0. The number of benzene rings is 1. The molecule has 0 fully saturated rings. The van der Waals surface area contributed by atoms with Crippen molar-refractivity contribution in [3.05, 3.63) is 23.4 Å². The van der Waals surface area contributed by atoms with Crippen LogP contribution in [-0.2, 0) is 12.8 Å². The number of anilines is 1. The monoisotopic (exact) mass is 258 g/mol. The molecular formula is C15H18N2O2. The number of nitrogens with two attached hydrogens (primary N) is 1. The van der Waals surface area contributed by atoms with Crippen LogP contribution in [0, 0.1) is 0 Å². The van der Waals surface area contributed by atoms with Gasteiger partial charge in [-0.15, -0.1) is 0 Å². The maximum absolute atomic E-state index is 6.34. The quantitative estimate of drug-likeness (QED) is 0.899. The van der Waals surface area contributed by atoms with Gasteiger partial charge in [-0.2, -0.15) is 0 Å². The van der Waals surface area contributed by atoms with Crippen LogP contribution in [0.4, 0.5) is 5.69 Å². The van der Waals surface area contributed by atoms with Gasteiger partial charge in [0.1, 0.15) is 17.0 Å². The van der Waals surface area contributed by atoms with Crippen molar-refractivity contribution in [2.45, 2.75) is 25.7 Å². The lowest BCUT2D eigenvalue weighted by Crippen LogP contribution is -2.10. The third kappa shape index (κ3) is 1.87. The standard InChI is InChI=1S/C15H18N2O2/c1-18-9-7-11-14(16)10-5-3-4-6-12(10)17-15(11)13(8-9)19-2/h7-8H,3-6H2,1-2H3,(H2,16,17). The zero-order chi connectivity index (χ0) is 13.4. The maximum atomic E-state index is 6.34. The number of hydrogen-bond donors (Lipinski definition) is 1. The van der Waals surface area contributed by atoms with Crippen molar-refractivity contribution < 1.29 is 9.47 Å². The fourth-order valence-corrected chi connectivity index (χ4v) is 2.78. The molecule has 0 unspecified atom stereocenters. The first-order valence-electron chi connectivity index (χ1n) is 6.57. The summed E-state index contributed by atoms with van der Waals surface area (Å²) in [5, 5.41) is 0.928. The Balaban J connectivity index is 2.34. The second-order valence-corrected chi connectivity index (χ2v) is 4.88. The number of nitrogen functional groups attached to an aromatic ring is 1. The second-order valence-electron chi connectivity index (χ2n) is 4.88. The van der Waals surface area contributed by atoms with E-state index in [2.05, 4.69) is 0 Å². The number of fused-ring (bicyclic) bond motifs is 2. The summed E-state index contributed by atoms with van der Waals surface area (Å²) >= 11 is 0. The Bertz CT molecular complexity index is 638. The SMILES string of the molecule is COc1cc(OC)c2nc3c(c(N)c2c1)CCCC3. The molecule has 0 saturated heterocycles. The predicted octanol–water partition coefficient (Wildman–Crippen LogP) is 2.71. The average Bonchev–Trinajstić information content (AvgIpc) is 2.47. The molecule has 1 heterocycles. The summed E-state index contributed by atoms with van der Waals surface area (Å²) in [6.07, 6.45) is 4.39. The zero-order valence-electron chi connectivity index (χ0n) is 11.3. The van der Waals surface area contributed by atoms with E-state index in [9.17, 15) is 0 Å². The van der Waals surface area contributed by atoms with E-state index in [4.69, 9.17) is 20.2 Å². The van der Waals surface area contributed by atoms with Crippen molar-refractivity contribution in [3.63, 3.8) is 0 Å². The minimum Gasteiger partial charge on any atom is -0.497 e. The Morgan fingerprint density at radius 3 is 2.63 bits per heavy atom. The summed E-state index contributed by atoms with van der Waals surface area (Å²) in [6, 6.07) is 3.79. The van der Waals surface area contributed by atoms with Crippen molar-refractivity contribution >= 4 is 16.6 Å². The Hall–Kier alpha value is -1.97. The lowest BCUT2D eigenvalue weighted by Gasteiger charge is -2.19. The van der Waals surface area contributed by atoms with Gasteiger partial charge in [-0.3, -0.25) is 0 Å². The lowest BCUT2D eigenvalue weighted by molar-refractivity contribution is 0.397. The number of aryl methyl sites for hydroxylation is 1. The highest BCUT2D eigenvalue weighted by atomic mass is 16.5. The predicted molar refractivity (Wildman–Crippen MR) is 75.9 cm³/mol. The molecule has 0 spiro atoms. The molecule has 2 aromatic rings. The molecule has 4 heteroatoms. The van der Waals surface area contributed by atoms with Gasteiger partial charge in [0.2, 0.25) is 0 Å². The van der Waals surface area contributed by atoms with Crippen molar-refractivity contribution in [1.29, 1.82) is 0 Å². The highest BCUT2D eigenvalue weighted by Crippen LogP contribution is 2.37. The van der Waals surface area contributed by atoms with Gasteiger partial charge >= 0.3 is 0 Å². The van der Waals surface area contributed by atoms with Gasteiger partial charge in [0.05, 0.1) is 14.2 Å². The molecule has 100 valence electrons. The van der Waals surface area contributed by atoms with Crippen LogP contribution in [0.3, 0.4) is 0 Å². The van der Waals surface area contributed by atoms with Crippen molar-refractivity contribution in [3.8, 4) is 11.5 Å². The Morgan fingerprint density at radius 2 is 1.89 bits per heavy atom. The summed E-state index contributed by atoms with van der Waals surface area (Å²) in [4.78, 5) is 4.76. The molecule has 1 aromatic carbocycles. The Kier molecular flexibility index (Phi) is 2.93. The van der Waals surface area contributed by atoms with Gasteiger partial charge in [-0.25, -0.2) is 4.98 Å². The molecule has 1 aromatic heterocycles. The Labute approximate surface area is 112 Å². The first kappa shape index (κ1) is 12.1. The molecule has 0 atom stereocenters. The number of aromatic nitrogens is 1. The average molecular weight is 258 g/mol. The fourth-order valence-electron chi connectivity index (χ4n) is 2.78. The molecule has 2 N–H and O–H groups in total. The van der Waals surface area contributed by atoms with E-state index >= 15 is 0 Å². The summed E-state index contributed by atoms with van der Waals surface area (Å²) in [5.74, 6) is 1.46. The van der Waals surface area contributed by atoms with E-state index in [1.807, 2.05) is 12.1 Å². The van der Waals surface area contributed by atoms with Gasteiger partial charge < -0.3 is 15.2 Å². The van der Waals surface area contributed by atoms with Crippen LogP contribution in [0.25, 0.3) is 10.9 Å². The summed E-state index contributed by atoms with van der Waals surface area (Å²) in [5.41, 5.74) is 10.3. The topological polar surface area (TPSA) is 57.4 Å². The molecule has 1 aliphatic rings. The number of hydrogen-bond acceptors (Lipinski definition) is 4. The number of nitrogens with zero attached hydrogens (tertiary/aromatic N) is 1.